The maximum atomic E-state index is 11.1. The third-order valence-corrected chi connectivity index (χ3v) is 2.43. The van der Waals surface area contributed by atoms with E-state index in [-0.39, 0.29) is 17.6 Å². The van der Waals surface area contributed by atoms with Crippen LogP contribution in [0.25, 0.3) is 11.7 Å². The van der Waals surface area contributed by atoms with E-state index in [1.54, 1.807) is 6.92 Å². The van der Waals surface area contributed by atoms with E-state index >= 15 is 0 Å². The molecule has 0 saturated heterocycles. The summed E-state index contributed by atoms with van der Waals surface area (Å²) in [7, 11) is 0. The van der Waals surface area contributed by atoms with Gasteiger partial charge in [0.05, 0.1) is 11.4 Å². The van der Waals surface area contributed by atoms with Crippen LogP contribution in [0.4, 0.5) is 0 Å². The number of oxazole rings is 2. The van der Waals surface area contributed by atoms with E-state index in [1.807, 2.05) is 13.8 Å². The highest BCUT2D eigenvalue weighted by Crippen LogP contribution is 2.25. The van der Waals surface area contributed by atoms with Crippen LogP contribution >= 0.6 is 0 Å². The highest BCUT2D eigenvalue weighted by Gasteiger charge is 2.23. The standard InChI is InChI=1S/C12H14N2O4/c1-6(2)4-8-10(12(15)16)18-11(14-8)9-7(3)13-5-17-9/h5-6H,4H2,1-3H3,(H,15,16). The largest absolute Gasteiger partial charge is 0.475 e. The molecule has 0 radical (unpaired) electrons. The summed E-state index contributed by atoms with van der Waals surface area (Å²) >= 11 is 0. The van der Waals surface area contributed by atoms with Gasteiger partial charge in [0.2, 0.25) is 11.5 Å². The minimum atomic E-state index is -1.12. The van der Waals surface area contributed by atoms with Crippen molar-refractivity contribution in [2.75, 3.05) is 0 Å². The summed E-state index contributed by atoms with van der Waals surface area (Å²) in [5.41, 5.74) is 1.05. The Balaban J connectivity index is 2.45. The molecule has 2 aromatic heterocycles. The molecule has 6 heteroatoms. The molecule has 0 atom stereocenters. The summed E-state index contributed by atoms with van der Waals surface area (Å²) in [5.74, 6) is -0.432. The molecule has 2 aromatic rings. The number of carbonyl (C=O) groups is 1. The fourth-order valence-corrected chi connectivity index (χ4v) is 1.65. The normalized spacial score (nSPS) is 11.1. The third kappa shape index (κ3) is 2.27. The number of hydrogen-bond donors (Lipinski definition) is 1. The van der Waals surface area contributed by atoms with Crippen LogP contribution in [-0.4, -0.2) is 21.0 Å². The molecule has 0 aliphatic heterocycles. The first-order valence-corrected chi connectivity index (χ1v) is 5.62. The Labute approximate surface area is 104 Å². The van der Waals surface area contributed by atoms with Crippen molar-refractivity contribution in [2.45, 2.75) is 27.2 Å². The van der Waals surface area contributed by atoms with Gasteiger partial charge in [-0.15, -0.1) is 0 Å². The fraction of sp³-hybridized carbons (Fsp3) is 0.417. The van der Waals surface area contributed by atoms with Crippen molar-refractivity contribution < 1.29 is 18.7 Å². The zero-order valence-electron chi connectivity index (χ0n) is 10.4. The molecule has 0 bridgehead atoms. The van der Waals surface area contributed by atoms with Gasteiger partial charge in [-0.25, -0.2) is 14.8 Å². The number of aromatic carboxylic acids is 1. The molecule has 6 nitrogen and oxygen atoms in total. The van der Waals surface area contributed by atoms with Crippen molar-refractivity contribution in [3.8, 4) is 11.7 Å². The van der Waals surface area contributed by atoms with Crippen molar-refractivity contribution in [1.82, 2.24) is 9.97 Å². The summed E-state index contributed by atoms with van der Waals surface area (Å²) in [6.45, 7) is 5.71. The van der Waals surface area contributed by atoms with Crippen LogP contribution in [0.15, 0.2) is 15.2 Å². The Bertz CT molecular complexity index is 568. The van der Waals surface area contributed by atoms with Gasteiger partial charge in [0.25, 0.3) is 5.89 Å². The lowest BCUT2D eigenvalue weighted by molar-refractivity contribution is 0.0661. The van der Waals surface area contributed by atoms with E-state index in [1.165, 1.54) is 6.39 Å². The summed E-state index contributed by atoms with van der Waals surface area (Å²) < 4.78 is 10.4. The lowest BCUT2D eigenvalue weighted by Gasteiger charge is -1.99. The van der Waals surface area contributed by atoms with Gasteiger partial charge in [0.15, 0.2) is 6.39 Å². The maximum Gasteiger partial charge on any atom is 0.373 e. The Kier molecular flexibility index (Phi) is 3.18. The predicted octanol–water partition coefficient (Wildman–Crippen LogP) is 2.53. The van der Waals surface area contributed by atoms with Crippen LogP contribution in [0, 0.1) is 12.8 Å². The van der Waals surface area contributed by atoms with Crippen LogP contribution in [-0.2, 0) is 6.42 Å². The number of hydrogen-bond acceptors (Lipinski definition) is 5. The van der Waals surface area contributed by atoms with E-state index < -0.39 is 5.97 Å². The monoisotopic (exact) mass is 250 g/mol. The number of carboxylic acids is 1. The predicted molar refractivity (Wildman–Crippen MR) is 62.2 cm³/mol. The molecule has 1 N–H and O–H groups in total. The first kappa shape index (κ1) is 12.3. The van der Waals surface area contributed by atoms with E-state index in [0.29, 0.717) is 23.6 Å². The van der Waals surface area contributed by atoms with Crippen LogP contribution < -0.4 is 0 Å². The number of rotatable bonds is 4. The molecule has 0 fully saturated rings. The van der Waals surface area contributed by atoms with Crippen LogP contribution in [0.3, 0.4) is 0 Å². The molecule has 2 heterocycles. The quantitative estimate of drug-likeness (QED) is 0.896. The molecule has 96 valence electrons. The maximum absolute atomic E-state index is 11.1. The van der Waals surface area contributed by atoms with Gasteiger partial charge in [-0.1, -0.05) is 13.8 Å². The SMILES string of the molecule is Cc1ncoc1-c1nc(CC(C)C)c(C(=O)O)o1. The molecule has 0 aliphatic rings. The van der Waals surface area contributed by atoms with Crippen molar-refractivity contribution >= 4 is 5.97 Å². The minimum absolute atomic E-state index is 0.130. The van der Waals surface area contributed by atoms with E-state index in [0.717, 1.165) is 0 Å². The summed E-state index contributed by atoms with van der Waals surface area (Å²) in [6, 6.07) is 0. The average molecular weight is 250 g/mol. The molecule has 0 unspecified atom stereocenters. The van der Waals surface area contributed by atoms with Gasteiger partial charge >= 0.3 is 5.97 Å². The number of nitrogens with zero attached hydrogens (tertiary/aromatic N) is 2. The Morgan fingerprint density at radius 1 is 1.50 bits per heavy atom. The number of aryl methyl sites for hydroxylation is 1. The van der Waals surface area contributed by atoms with Gasteiger partial charge < -0.3 is 13.9 Å². The van der Waals surface area contributed by atoms with Crippen LogP contribution in [0.1, 0.15) is 35.8 Å². The third-order valence-electron chi connectivity index (χ3n) is 2.43. The van der Waals surface area contributed by atoms with Crippen LogP contribution in [0.2, 0.25) is 0 Å². The summed E-state index contributed by atoms with van der Waals surface area (Å²) in [6.07, 6.45) is 1.82. The van der Waals surface area contributed by atoms with Gasteiger partial charge in [-0.3, -0.25) is 0 Å². The summed E-state index contributed by atoms with van der Waals surface area (Å²) in [5, 5.41) is 9.08. The van der Waals surface area contributed by atoms with Gasteiger partial charge in [0, 0.05) is 0 Å². The molecular formula is C12H14N2O4. The molecular weight excluding hydrogens is 236 g/mol. The van der Waals surface area contributed by atoms with Gasteiger partial charge in [-0.2, -0.15) is 0 Å². The van der Waals surface area contributed by atoms with E-state index in [4.69, 9.17) is 13.9 Å². The molecule has 0 saturated carbocycles. The lowest BCUT2D eigenvalue weighted by Crippen LogP contribution is -2.03. The molecule has 2 rings (SSSR count). The Hall–Kier alpha value is -2.11. The lowest BCUT2D eigenvalue weighted by atomic mass is 10.1. The average Bonchev–Trinajstić information content (AvgIpc) is 2.83. The van der Waals surface area contributed by atoms with Crippen molar-refractivity contribution in [2.24, 2.45) is 5.92 Å². The second-order valence-corrected chi connectivity index (χ2v) is 4.46. The second-order valence-electron chi connectivity index (χ2n) is 4.46. The van der Waals surface area contributed by atoms with Crippen LogP contribution in [0.5, 0.6) is 0 Å². The first-order valence-electron chi connectivity index (χ1n) is 5.62. The second kappa shape index (κ2) is 4.64. The van der Waals surface area contributed by atoms with E-state index in [2.05, 4.69) is 9.97 Å². The molecule has 18 heavy (non-hydrogen) atoms. The van der Waals surface area contributed by atoms with Crippen molar-refractivity contribution in [3.63, 3.8) is 0 Å². The number of aromatic nitrogens is 2. The van der Waals surface area contributed by atoms with E-state index in [9.17, 15) is 4.79 Å². The molecule has 0 aromatic carbocycles. The molecule has 0 spiro atoms. The molecule has 0 amide bonds. The Morgan fingerprint density at radius 2 is 2.22 bits per heavy atom. The minimum Gasteiger partial charge on any atom is -0.475 e. The van der Waals surface area contributed by atoms with Gasteiger partial charge in [0.1, 0.15) is 0 Å². The summed E-state index contributed by atoms with van der Waals surface area (Å²) in [4.78, 5) is 19.2. The Morgan fingerprint density at radius 3 is 2.72 bits per heavy atom. The fourth-order valence-electron chi connectivity index (χ4n) is 1.65. The highest BCUT2D eigenvalue weighted by molar-refractivity contribution is 5.86. The van der Waals surface area contributed by atoms with Gasteiger partial charge in [-0.05, 0) is 19.3 Å². The zero-order valence-corrected chi connectivity index (χ0v) is 10.4. The zero-order chi connectivity index (χ0) is 13.3. The van der Waals surface area contributed by atoms with Crippen molar-refractivity contribution in [3.05, 3.63) is 23.5 Å². The highest BCUT2D eigenvalue weighted by atomic mass is 16.4. The molecule has 0 aliphatic carbocycles. The topological polar surface area (TPSA) is 89.4 Å². The number of carboxylic acid groups (broad SMARTS) is 1. The van der Waals surface area contributed by atoms with Crippen molar-refractivity contribution in [1.29, 1.82) is 0 Å². The smallest absolute Gasteiger partial charge is 0.373 e. The first-order chi connectivity index (χ1) is 8.49.